The molecule has 1 aliphatic rings. The number of hydroxylamine groups is 1. The predicted molar refractivity (Wildman–Crippen MR) is 120 cm³/mol. The molecule has 1 amide bonds. The molecule has 0 heterocycles. The Kier molecular flexibility index (Phi) is 5.89. The number of aromatic hydroxyl groups is 1. The van der Waals surface area contributed by atoms with Crippen molar-refractivity contribution in [3.05, 3.63) is 77.4 Å². The van der Waals surface area contributed by atoms with Gasteiger partial charge in [0.25, 0.3) is 0 Å². The summed E-state index contributed by atoms with van der Waals surface area (Å²) in [7, 11) is 0. The average Bonchev–Trinajstić information content (AvgIpc) is 3.54. The molecule has 1 unspecified atom stereocenters. The van der Waals surface area contributed by atoms with E-state index < -0.39 is 23.2 Å². The van der Waals surface area contributed by atoms with Gasteiger partial charge in [0.1, 0.15) is 5.75 Å². The Morgan fingerprint density at radius 2 is 1.88 bits per heavy atom. The van der Waals surface area contributed by atoms with Crippen LogP contribution in [0.4, 0.5) is 0 Å². The van der Waals surface area contributed by atoms with Crippen LogP contribution in [0.5, 0.6) is 5.75 Å². The zero-order valence-corrected chi connectivity index (χ0v) is 18.2. The van der Waals surface area contributed by atoms with E-state index in [0.29, 0.717) is 12.8 Å². The van der Waals surface area contributed by atoms with Crippen LogP contribution in [-0.4, -0.2) is 28.8 Å². The average molecular weight is 434 g/mol. The molecule has 3 aromatic rings. The number of phenolic OH excluding ortho intramolecular Hbond substituents is 1. The summed E-state index contributed by atoms with van der Waals surface area (Å²) in [6.07, 6.45) is 0.604. The van der Waals surface area contributed by atoms with E-state index in [1.165, 1.54) is 0 Å². The van der Waals surface area contributed by atoms with Crippen LogP contribution >= 0.6 is 0 Å². The SMILES string of the molecule is CCOC(=O)[C@@]1(Cc2ccc(O)c(C(C)c3cccc4ccccc34)c2)C[C@@H]1C(=O)NO. The highest BCUT2D eigenvalue weighted by atomic mass is 16.5. The third-order valence-electron chi connectivity index (χ3n) is 6.55. The second kappa shape index (κ2) is 8.63. The Hall–Kier alpha value is -3.38. The predicted octanol–water partition coefficient (Wildman–Crippen LogP) is 4.31. The largest absolute Gasteiger partial charge is 0.508 e. The first kappa shape index (κ1) is 21.8. The number of benzene rings is 3. The zero-order chi connectivity index (χ0) is 22.9. The zero-order valence-electron chi connectivity index (χ0n) is 18.2. The van der Waals surface area contributed by atoms with Gasteiger partial charge in [-0.05, 0) is 47.7 Å². The van der Waals surface area contributed by atoms with Gasteiger partial charge in [0, 0.05) is 11.5 Å². The van der Waals surface area contributed by atoms with Crippen molar-refractivity contribution < 1.29 is 24.6 Å². The van der Waals surface area contributed by atoms with Gasteiger partial charge in [-0.1, -0.05) is 61.5 Å². The van der Waals surface area contributed by atoms with Gasteiger partial charge in [0.15, 0.2) is 0 Å². The van der Waals surface area contributed by atoms with Crippen LogP contribution in [0, 0.1) is 11.3 Å². The minimum absolute atomic E-state index is 0.0877. The van der Waals surface area contributed by atoms with Crippen molar-refractivity contribution in [3.63, 3.8) is 0 Å². The summed E-state index contributed by atoms with van der Waals surface area (Å²) < 4.78 is 5.24. The molecule has 1 fully saturated rings. The van der Waals surface area contributed by atoms with E-state index in [-0.39, 0.29) is 18.3 Å². The summed E-state index contributed by atoms with van der Waals surface area (Å²) in [4.78, 5) is 24.7. The number of fused-ring (bicyclic) bond motifs is 1. The lowest BCUT2D eigenvalue weighted by atomic mass is 9.86. The van der Waals surface area contributed by atoms with Gasteiger partial charge in [-0.2, -0.15) is 0 Å². The summed E-state index contributed by atoms with van der Waals surface area (Å²) in [5.41, 5.74) is 3.33. The third-order valence-corrected chi connectivity index (χ3v) is 6.55. The van der Waals surface area contributed by atoms with Crippen LogP contribution in [0.25, 0.3) is 10.8 Å². The van der Waals surface area contributed by atoms with E-state index in [0.717, 1.165) is 27.5 Å². The number of nitrogens with one attached hydrogen (secondary N) is 1. The minimum atomic E-state index is -1.00. The number of esters is 1. The summed E-state index contributed by atoms with van der Waals surface area (Å²) in [5.74, 6) is -1.57. The summed E-state index contributed by atoms with van der Waals surface area (Å²) in [5, 5.41) is 21.9. The Labute approximate surface area is 186 Å². The molecule has 6 heteroatoms. The Morgan fingerprint density at radius 1 is 1.12 bits per heavy atom. The molecule has 0 spiro atoms. The van der Waals surface area contributed by atoms with Crippen LogP contribution < -0.4 is 5.48 Å². The molecule has 32 heavy (non-hydrogen) atoms. The van der Waals surface area contributed by atoms with Gasteiger partial charge in [-0.25, -0.2) is 5.48 Å². The van der Waals surface area contributed by atoms with Crippen molar-refractivity contribution in [2.24, 2.45) is 11.3 Å². The van der Waals surface area contributed by atoms with Crippen LogP contribution in [0.1, 0.15) is 42.9 Å². The Morgan fingerprint density at radius 3 is 2.62 bits per heavy atom. The molecule has 0 aromatic heterocycles. The van der Waals surface area contributed by atoms with Crippen LogP contribution in [-0.2, 0) is 20.7 Å². The fourth-order valence-corrected chi connectivity index (χ4v) is 4.72. The summed E-state index contributed by atoms with van der Waals surface area (Å²) in [6, 6.07) is 19.5. The van der Waals surface area contributed by atoms with Gasteiger partial charge < -0.3 is 9.84 Å². The third kappa shape index (κ3) is 3.82. The van der Waals surface area contributed by atoms with Gasteiger partial charge in [-0.15, -0.1) is 0 Å². The molecule has 0 saturated heterocycles. The lowest BCUT2D eigenvalue weighted by molar-refractivity contribution is -0.152. The minimum Gasteiger partial charge on any atom is -0.508 e. The van der Waals surface area contributed by atoms with E-state index in [4.69, 9.17) is 9.94 Å². The van der Waals surface area contributed by atoms with Gasteiger partial charge >= 0.3 is 5.97 Å². The van der Waals surface area contributed by atoms with Crippen molar-refractivity contribution in [3.8, 4) is 5.75 Å². The molecule has 3 N–H and O–H groups in total. The first-order valence-electron chi connectivity index (χ1n) is 10.8. The second-order valence-electron chi connectivity index (χ2n) is 8.47. The molecule has 0 aliphatic heterocycles. The maximum absolute atomic E-state index is 12.7. The number of amides is 1. The van der Waals surface area contributed by atoms with Crippen molar-refractivity contribution in [2.75, 3.05) is 6.61 Å². The Bertz CT molecular complexity index is 1170. The van der Waals surface area contributed by atoms with Gasteiger partial charge in [0.05, 0.1) is 17.9 Å². The maximum atomic E-state index is 12.7. The summed E-state index contributed by atoms with van der Waals surface area (Å²) in [6.45, 7) is 3.98. The highest BCUT2D eigenvalue weighted by molar-refractivity contribution is 5.93. The van der Waals surface area contributed by atoms with E-state index in [1.807, 2.05) is 31.2 Å². The molecule has 1 saturated carbocycles. The van der Waals surface area contributed by atoms with Gasteiger partial charge in [-0.3, -0.25) is 14.8 Å². The topological polar surface area (TPSA) is 95.9 Å². The van der Waals surface area contributed by atoms with E-state index >= 15 is 0 Å². The van der Waals surface area contributed by atoms with Crippen LogP contribution in [0.2, 0.25) is 0 Å². The Balaban J connectivity index is 1.68. The van der Waals surface area contributed by atoms with Crippen LogP contribution in [0.15, 0.2) is 60.7 Å². The van der Waals surface area contributed by atoms with E-state index in [2.05, 4.69) is 24.3 Å². The van der Waals surface area contributed by atoms with E-state index in [9.17, 15) is 14.7 Å². The van der Waals surface area contributed by atoms with Crippen molar-refractivity contribution in [2.45, 2.75) is 32.6 Å². The molecular weight excluding hydrogens is 406 g/mol. The molecule has 1 aliphatic carbocycles. The highest BCUT2D eigenvalue weighted by Crippen LogP contribution is 2.56. The molecule has 4 rings (SSSR count). The van der Waals surface area contributed by atoms with Crippen molar-refractivity contribution in [1.29, 1.82) is 0 Å². The molecule has 166 valence electrons. The standard InChI is InChI=1S/C26H27NO5/c1-3-32-25(30)26(15-22(26)24(29)27-31)14-17-11-12-23(28)21(13-17)16(2)19-10-6-8-18-7-4-5-9-20(18)19/h4-13,16,22,28,31H,3,14-15H2,1-2H3,(H,27,29)/t16?,22-,26+/m1/s1. The first-order chi connectivity index (χ1) is 15.4. The normalized spacial score (nSPS) is 20.5. The molecule has 3 aromatic carbocycles. The number of carbonyl (C=O) groups is 2. The van der Waals surface area contributed by atoms with Crippen molar-refractivity contribution in [1.82, 2.24) is 5.48 Å². The molecule has 3 atom stereocenters. The number of rotatable bonds is 7. The fourth-order valence-electron chi connectivity index (χ4n) is 4.72. The second-order valence-corrected chi connectivity index (χ2v) is 8.47. The molecule has 0 bridgehead atoms. The lowest BCUT2D eigenvalue weighted by Crippen LogP contribution is -2.30. The molecular formula is C26H27NO5. The smallest absolute Gasteiger partial charge is 0.313 e. The monoisotopic (exact) mass is 433 g/mol. The highest BCUT2D eigenvalue weighted by Gasteiger charge is 2.64. The van der Waals surface area contributed by atoms with Crippen molar-refractivity contribution >= 4 is 22.6 Å². The molecule has 6 nitrogen and oxygen atoms in total. The quantitative estimate of drug-likeness (QED) is 0.293. The number of phenols is 1. The lowest BCUT2D eigenvalue weighted by Gasteiger charge is -2.20. The fraction of sp³-hybridized carbons (Fsp3) is 0.308. The maximum Gasteiger partial charge on any atom is 0.313 e. The number of carbonyl (C=O) groups excluding carboxylic acids is 2. The summed E-state index contributed by atoms with van der Waals surface area (Å²) >= 11 is 0. The first-order valence-corrected chi connectivity index (χ1v) is 10.8. The number of ether oxygens (including phenoxy) is 1. The molecule has 0 radical (unpaired) electrons. The van der Waals surface area contributed by atoms with Gasteiger partial charge in [0.2, 0.25) is 5.91 Å². The van der Waals surface area contributed by atoms with E-state index in [1.54, 1.807) is 24.5 Å². The number of hydrogen-bond donors (Lipinski definition) is 3. The number of hydrogen-bond acceptors (Lipinski definition) is 5. The van der Waals surface area contributed by atoms with Crippen LogP contribution in [0.3, 0.4) is 0 Å².